The Morgan fingerprint density at radius 2 is 1.48 bits per heavy atom. The number of halogens is 2. The number of amides is 2. The van der Waals surface area contributed by atoms with Crippen molar-refractivity contribution < 1.29 is 47.8 Å². The van der Waals surface area contributed by atoms with Gasteiger partial charge in [0.25, 0.3) is 5.91 Å². The van der Waals surface area contributed by atoms with Crippen LogP contribution in [0.1, 0.15) is 98.4 Å². The molecule has 1 aromatic carbocycles. The second kappa shape index (κ2) is 16.6. The molecule has 3 atom stereocenters. The van der Waals surface area contributed by atoms with Gasteiger partial charge in [0, 0.05) is 12.8 Å². The van der Waals surface area contributed by atoms with Crippen LogP contribution in [0.5, 0.6) is 0 Å². The van der Waals surface area contributed by atoms with Gasteiger partial charge in [-0.1, -0.05) is 48.3 Å². The molecule has 1 heterocycles. The number of carbonyl (C=O) groups is 6. The van der Waals surface area contributed by atoms with Gasteiger partial charge in [-0.25, -0.2) is 4.79 Å². The summed E-state index contributed by atoms with van der Waals surface area (Å²) < 4.78 is 15.7. The van der Waals surface area contributed by atoms with Gasteiger partial charge in [0.1, 0.15) is 17.2 Å². The molecule has 0 saturated carbocycles. The normalized spacial score (nSPS) is 17.4. The second-order valence-corrected chi connectivity index (χ2v) is 14.7. The van der Waals surface area contributed by atoms with Crippen molar-refractivity contribution in [2.45, 2.75) is 117 Å². The summed E-state index contributed by atoms with van der Waals surface area (Å²) in [5.74, 6) is -4.47. The van der Waals surface area contributed by atoms with E-state index in [-0.39, 0.29) is 40.8 Å². The van der Waals surface area contributed by atoms with Crippen LogP contribution in [-0.4, -0.2) is 76.7 Å². The van der Waals surface area contributed by atoms with Crippen LogP contribution in [0, 0.1) is 5.92 Å². The molecule has 0 fully saturated rings. The summed E-state index contributed by atoms with van der Waals surface area (Å²) in [5, 5.41) is 9.46. The number of nitrogens with zero attached hydrogens (tertiary/aromatic N) is 1. The molecule has 0 aliphatic carbocycles. The number of Topliss-reactive ketones (excluding diaryl/α,β-unsaturated/α-hetero) is 1. The summed E-state index contributed by atoms with van der Waals surface area (Å²) in [7, 11) is 0. The highest BCUT2D eigenvalue weighted by Crippen LogP contribution is 2.28. The van der Waals surface area contributed by atoms with Crippen molar-refractivity contribution in [2.75, 3.05) is 6.61 Å². The molecule has 266 valence electrons. The molecule has 0 radical (unpaired) electrons. The Balaban J connectivity index is 2.14. The number of rotatable bonds is 14. The van der Waals surface area contributed by atoms with Crippen molar-refractivity contribution in [1.82, 2.24) is 10.6 Å². The fourth-order valence-corrected chi connectivity index (χ4v) is 5.01. The number of oxime groups is 1. The third-order valence-corrected chi connectivity index (χ3v) is 7.31. The molecule has 0 saturated heterocycles. The lowest BCUT2D eigenvalue weighted by molar-refractivity contribution is -0.157. The van der Waals surface area contributed by atoms with Crippen LogP contribution >= 0.6 is 23.2 Å². The van der Waals surface area contributed by atoms with Gasteiger partial charge in [0.05, 0.1) is 40.2 Å². The van der Waals surface area contributed by atoms with Crippen molar-refractivity contribution in [2.24, 2.45) is 11.1 Å². The van der Waals surface area contributed by atoms with Gasteiger partial charge < -0.3 is 29.7 Å². The molecule has 13 nitrogen and oxygen atoms in total. The largest absolute Gasteiger partial charge is 0.460 e. The van der Waals surface area contributed by atoms with Crippen molar-refractivity contribution in [3.05, 3.63) is 33.8 Å². The number of hydrogen-bond donors (Lipinski definition) is 2. The zero-order valence-corrected chi connectivity index (χ0v) is 30.3. The predicted octanol–water partition coefficient (Wildman–Crippen LogP) is 4.73. The van der Waals surface area contributed by atoms with E-state index in [1.54, 1.807) is 41.5 Å². The van der Waals surface area contributed by atoms with Crippen LogP contribution in [0.4, 0.5) is 0 Å². The molecule has 15 heteroatoms. The Hall–Kier alpha value is -3.71. The zero-order chi connectivity index (χ0) is 36.6. The van der Waals surface area contributed by atoms with E-state index >= 15 is 0 Å². The van der Waals surface area contributed by atoms with Crippen LogP contribution in [-0.2, 0) is 43.0 Å². The number of ketones is 1. The lowest BCUT2D eigenvalue weighted by Crippen LogP contribution is -2.53. The maximum atomic E-state index is 13.6. The minimum absolute atomic E-state index is 0.0135. The van der Waals surface area contributed by atoms with E-state index in [1.165, 1.54) is 25.1 Å². The highest BCUT2D eigenvalue weighted by atomic mass is 35.5. The molecule has 1 aliphatic heterocycles. The van der Waals surface area contributed by atoms with E-state index in [0.717, 1.165) is 0 Å². The fraction of sp³-hybridized carbons (Fsp3) is 0.606. The summed E-state index contributed by atoms with van der Waals surface area (Å²) >= 11 is 12.1. The number of esters is 3. The van der Waals surface area contributed by atoms with Crippen LogP contribution in [0.2, 0.25) is 10.0 Å². The summed E-state index contributed by atoms with van der Waals surface area (Å²) in [6.45, 7) is 14.4. The molecule has 1 aromatic rings. The lowest BCUT2D eigenvalue weighted by atomic mass is 9.90. The Bertz CT molecular complexity index is 1410. The molecule has 2 N–H and O–H groups in total. The van der Waals surface area contributed by atoms with Crippen molar-refractivity contribution in [3.63, 3.8) is 0 Å². The van der Waals surface area contributed by atoms with Crippen LogP contribution < -0.4 is 10.6 Å². The van der Waals surface area contributed by atoms with E-state index in [9.17, 15) is 28.8 Å². The van der Waals surface area contributed by atoms with E-state index in [2.05, 4.69) is 15.8 Å². The smallest absolute Gasteiger partial charge is 0.341 e. The van der Waals surface area contributed by atoms with Gasteiger partial charge >= 0.3 is 17.9 Å². The molecular weight excluding hydrogens is 669 g/mol. The molecule has 0 aromatic heterocycles. The van der Waals surface area contributed by atoms with E-state index in [1.807, 2.05) is 13.8 Å². The third-order valence-electron chi connectivity index (χ3n) is 6.68. The molecule has 1 unspecified atom stereocenters. The van der Waals surface area contributed by atoms with Crippen LogP contribution in [0.15, 0.2) is 23.4 Å². The summed E-state index contributed by atoms with van der Waals surface area (Å²) in [4.78, 5) is 82.5. The molecule has 0 bridgehead atoms. The second-order valence-electron chi connectivity index (χ2n) is 13.9. The Morgan fingerprint density at radius 1 is 0.917 bits per heavy atom. The SMILES string of the molecule is CC(C)[C@H](NC(=O)CCC(=O)OC(C)(C)C)C1=NOC(C)(C(=O)N[C@@H](CC(=O)OC(C)(C)C)C(=O)COC(=O)c2c(Cl)cccc2Cl)C1. The van der Waals surface area contributed by atoms with E-state index < -0.39 is 77.4 Å². The number of nitrogens with one attached hydrogen (secondary N) is 2. The Morgan fingerprint density at radius 3 is 2.02 bits per heavy atom. The highest BCUT2D eigenvalue weighted by molar-refractivity contribution is 6.39. The van der Waals surface area contributed by atoms with E-state index in [0.29, 0.717) is 5.71 Å². The first kappa shape index (κ1) is 40.5. The quantitative estimate of drug-likeness (QED) is 0.202. The number of benzene rings is 1. The number of carbonyl (C=O) groups excluding carboxylic acids is 6. The van der Waals surface area contributed by atoms with Crippen molar-refractivity contribution in [3.8, 4) is 0 Å². The highest BCUT2D eigenvalue weighted by Gasteiger charge is 2.46. The van der Waals surface area contributed by atoms with Crippen LogP contribution in [0.3, 0.4) is 0 Å². The minimum atomic E-state index is -1.63. The number of hydrogen-bond acceptors (Lipinski definition) is 11. The summed E-state index contributed by atoms with van der Waals surface area (Å²) in [5.41, 5.74) is -2.98. The van der Waals surface area contributed by atoms with Crippen LogP contribution in [0.25, 0.3) is 0 Å². The van der Waals surface area contributed by atoms with Crippen molar-refractivity contribution in [1.29, 1.82) is 0 Å². The molecule has 2 amide bonds. The maximum Gasteiger partial charge on any atom is 0.341 e. The van der Waals surface area contributed by atoms with E-state index in [4.69, 9.17) is 42.3 Å². The first-order chi connectivity index (χ1) is 22.0. The first-order valence-corrected chi connectivity index (χ1v) is 16.2. The fourth-order valence-electron chi connectivity index (χ4n) is 4.45. The molecule has 2 rings (SSSR count). The molecule has 1 aliphatic rings. The average Bonchev–Trinajstić information content (AvgIpc) is 3.33. The molecular formula is C33H45Cl2N3O10. The zero-order valence-electron chi connectivity index (χ0n) is 28.8. The van der Waals surface area contributed by atoms with Crippen molar-refractivity contribution >= 4 is 64.4 Å². The van der Waals surface area contributed by atoms with Gasteiger partial charge in [-0.05, 0) is 66.5 Å². The van der Waals surface area contributed by atoms with Gasteiger partial charge in [-0.15, -0.1) is 0 Å². The monoisotopic (exact) mass is 713 g/mol. The number of ether oxygens (including phenoxy) is 3. The Kier molecular flexibility index (Phi) is 14.0. The van der Waals surface area contributed by atoms with Gasteiger partial charge in [0.2, 0.25) is 11.5 Å². The maximum absolute atomic E-state index is 13.6. The average molecular weight is 715 g/mol. The Labute approximate surface area is 290 Å². The lowest BCUT2D eigenvalue weighted by Gasteiger charge is -2.26. The first-order valence-electron chi connectivity index (χ1n) is 15.4. The summed E-state index contributed by atoms with van der Waals surface area (Å²) in [6, 6.07) is 2.27. The topological polar surface area (TPSA) is 176 Å². The standard InChI is InChI=1S/C33H45Cl2N3O10/c1-18(2)28(37-24(40)13-14-25(41)46-31(3,4)5)22-16-33(9,48-38-22)30(44)36-21(15-26(42)47-32(6,7)8)23(39)17-45-29(43)27-19(34)11-10-12-20(27)35/h10-12,18,21,28H,13-17H2,1-9H3,(H,36,44)(H,37,40)/t21-,28-,33?/m0/s1. The molecule has 0 spiro atoms. The summed E-state index contributed by atoms with van der Waals surface area (Å²) in [6.07, 6.45) is -0.879. The van der Waals surface area contributed by atoms with Gasteiger partial charge in [0.15, 0.2) is 12.4 Å². The van der Waals surface area contributed by atoms with Gasteiger partial charge in [-0.3, -0.25) is 24.0 Å². The third kappa shape index (κ3) is 12.7. The van der Waals surface area contributed by atoms with Gasteiger partial charge in [-0.2, -0.15) is 0 Å². The molecule has 48 heavy (non-hydrogen) atoms. The minimum Gasteiger partial charge on any atom is -0.460 e. The predicted molar refractivity (Wildman–Crippen MR) is 178 cm³/mol.